The highest BCUT2D eigenvalue weighted by Crippen LogP contribution is 2.52. The van der Waals surface area contributed by atoms with Crippen LogP contribution < -0.4 is 0 Å². The molecular weight excluding hydrogens is 362 g/mol. The molecule has 1 unspecified atom stereocenters. The second-order valence-corrected chi connectivity index (χ2v) is 8.94. The van der Waals surface area contributed by atoms with Gasteiger partial charge in [0.05, 0.1) is 0 Å². The fourth-order valence-electron chi connectivity index (χ4n) is 5.16. The molecule has 144 valence electrons. The van der Waals surface area contributed by atoms with Gasteiger partial charge in [0.1, 0.15) is 0 Å². The van der Waals surface area contributed by atoms with Crippen molar-refractivity contribution in [3.05, 3.63) is 87.8 Å². The predicted molar refractivity (Wildman–Crippen MR) is 109 cm³/mol. The van der Waals surface area contributed by atoms with E-state index >= 15 is 0 Å². The molecule has 0 spiro atoms. The third kappa shape index (κ3) is 2.66. The quantitative estimate of drug-likeness (QED) is 0.720. The number of hydrogen-bond acceptors (Lipinski definition) is 4. The molecule has 5 rings (SSSR count). The van der Waals surface area contributed by atoms with E-state index in [9.17, 15) is 14.4 Å². The van der Waals surface area contributed by atoms with Crippen LogP contribution in [0.2, 0.25) is 0 Å². The molecule has 4 heteroatoms. The van der Waals surface area contributed by atoms with Crippen molar-refractivity contribution >= 4 is 17.3 Å². The van der Waals surface area contributed by atoms with Crippen molar-refractivity contribution in [3.8, 4) is 0 Å². The van der Waals surface area contributed by atoms with Crippen LogP contribution in [0, 0.1) is 5.41 Å². The number of fused-ring (bicyclic) bond motifs is 1. The van der Waals surface area contributed by atoms with E-state index in [0.29, 0.717) is 35.1 Å². The number of nitrogens with zero attached hydrogens (tertiary/aromatic N) is 1. The number of ketones is 3. The van der Waals surface area contributed by atoms with Crippen LogP contribution in [0.1, 0.15) is 65.3 Å². The van der Waals surface area contributed by atoms with E-state index in [-0.39, 0.29) is 22.8 Å². The third-order valence-electron chi connectivity index (χ3n) is 6.28. The van der Waals surface area contributed by atoms with Crippen LogP contribution in [0.15, 0.2) is 71.1 Å². The number of carbonyl (C=O) groups excluding carboxylic acids is 3. The molecule has 0 amide bonds. The Morgan fingerprint density at radius 1 is 0.862 bits per heavy atom. The number of benzene rings is 1. The Labute approximate surface area is 169 Å². The smallest absolute Gasteiger partial charge is 0.191 e. The first-order valence-corrected chi connectivity index (χ1v) is 9.94. The van der Waals surface area contributed by atoms with Gasteiger partial charge < -0.3 is 0 Å². The van der Waals surface area contributed by atoms with E-state index in [2.05, 4.69) is 18.8 Å². The van der Waals surface area contributed by atoms with Crippen LogP contribution >= 0.6 is 0 Å². The van der Waals surface area contributed by atoms with Gasteiger partial charge in [-0.25, -0.2) is 0 Å². The lowest BCUT2D eigenvalue weighted by Crippen LogP contribution is -2.36. The van der Waals surface area contributed by atoms with Crippen LogP contribution in [0.25, 0.3) is 0 Å². The second kappa shape index (κ2) is 6.18. The molecule has 0 radical (unpaired) electrons. The number of allylic oxidation sites excluding steroid dienone is 4. The van der Waals surface area contributed by atoms with E-state index in [1.165, 1.54) is 0 Å². The largest absolute Gasteiger partial charge is 0.294 e. The molecule has 1 atom stereocenters. The minimum Gasteiger partial charge on any atom is -0.294 e. The van der Waals surface area contributed by atoms with Crippen LogP contribution in [0.5, 0.6) is 0 Å². The van der Waals surface area contributed by atoms with E-state index in [4.69, 9.17) is 0 Å². The summed E-state index contributed by atoms with van der Waals surface area (Å²) < 4.78 is 0. The Balaban J connectivity index is 1.76. The molecule has 0 saturated heterocycles. The van der Waals surface area contributed by atoms with Gasteiger partial charge in [-0.05, 0) is 36.0 Å². The van der Waals surface area contributed by atoms with Crippen molar-refractivity contribution in [1.82, 2.24) is 4.98 Å². The molecule has 0 N–H and O–H groups in total. The number of Topliss-reactive ketones (excluding diaryl/α,β-unsaturated/α-hetero) is 3. The number of pyridine rings is 1. The molecule has 0 saturated carbocycles. The first-order valence-electron chi connectivity index (χ1n) is 9.94. The maximum atomic E-state index is 13.5. The Morgan fingerprint density at radius 2 is 1.52 bits per heavy atom. The lowest BCUT2D eigenvalue weighted by Gasteiger charge is -2.40. The van der Waals surface area contributed by atoms with Gasteiger partial charge in [0.15, 0.2) is 17.3 Å². The van der Waals surface area contributed by atoms with Gasteiger partial charge in [0, 0.05) is 52.6 Å². The second-order valence-electron chi connectivity index (χ2n) is 8.94. The zero-order chi connectivity index (χ0) is 20.3. The third-order valence-corrected chi connectivity index (χ3v) is 6.28. The monoisotopic (exact) mass is 383 g/mol. The van der Waals surface area contributed by atoms with Gasteiger partial charge >= 0.3 is 0 Å². The molecule has 1 heterocycles. The van der Waals surface area contributed by atoms with Crippen LogP contribution in [0.4, 0.5) is 0 Å². The minimum absolute atomic E-state index is 0.0864. The highest BCUT2D eigenvalue weighted by molar-refractivity contribution is 6.28. The maximum absolute atomic E-state index is 13.5. The van der Waals surface area contributed by atoms with E-state index in [1.54, 1.807) is 36.7 Å². The summed E-state index contributed by atoms with van der Waals surface area (Å²) in [5.41, 5.74) is 4.36. The molecule has 1 aromatic heterocycles. The number of hydrogen-bond donors (Lipinski definition) is 0. The normalized spacial score (nSPS) is 23.0. The molecular formula is C25H21NO3. The van der Waals surface area contributed by atoms with Gasteiger partial charge in [-0.1, -0.05) is 43.7 Å². The molecule has 0 bridgehead atoms. The van der Waals surface area contributed by atoms with Crippen molar-refractivity contribution in [1.29, 1.82) is 0 Å². The summed E-state index contributed by atoms with van der Waals surface area (Å²) in [6.07, 6.45) is 4.94. The van der Waals surface area contributed by atoms with E-state index in [1.807, 2.05) is 12.1 Å². The van der Waals surface area contributed by atoms with Gasteiger partial charge in [-0.2, -0.15) is 0 Å². The van der Waals surface area contributed by atoms with Crippen molar-refractivity contribution in [2.24, 2.45) is 5.41 Å². The Hall–Kier alpha value is -3.14. The summed E-state index contributed by atoms with van der Waals surface area (Å²) in [5.74, 6) is -0.633. The van der Waals surface area contributed by atoms with Crippen LogP contribution in [-0.2, 0) is 4.79 Å². The molecule has 4 nitrogen and oxygen atoms in total. The highest BCUT2D eigenvalue weighted by Gasteiger charge is 2.46. The lowest BCUT2D eigenvalue weighted by atomic mass is 9.61. The first kappa shape index (κ1) is 17.9. The summed E-state index contributed by atoms with van der Waals surface area (Å²) in [5, 5.41) is 0. The van der Waals surface area contributed by atoms with E-state index in [0.717, 1.165) is 23.1 Å². The van der Waals surface area contributed by atoms with Crippen LogP contribution in [-0.4, -0.2) is 22.3 Å². The Kier molecular flexibility index (Phi) is 3.82. The lowest BCUT2D eigenvalue weighted by molar-refractivity contribution is -0.118. The summed E-state index contributed by atoms with van der Waals surface area (Å²) in [6.45, 7) is 4.17. The van der Waals surface area contributed by atoms with Crippen molar-refractivity contribution < 1.29 is 14.4 Å². The average molecular weight is 383 g/mol. The fraction of sp³-hybridized carbons (Fsp3) is 0.280. The summed E-state index contributed by atoms with van der Waals surface area (Å²) in [6, 6.07) is 10.7. The average Bonchev–Trinajstić information content (AvgIpc) is 2.70. The summed E-state index contributed by atoms with van der Waals surface area (Å²) in [7, 11) is 0. The van der Waals surface area contributed by atoms with Gasteiger partial charge in [0.2, 0.25) is 0 Å². The van der Waals surface area contributed by atoms with Crippen molar-refractivity contribution in [2.45, 2.75) is 39.0 Å². The number of aromatic nitrogens is 1. The topological polar surface area (TPSA) is 64.1 Å². The molecule has 3 aliphatic rings. The summed E-state index contributed by atoms with van der Waals surface area (Å²) >= 11 is 0. The molecule has 1 aromatic carbocycles. The van der Waals surface area contributed by atoms with Gasteiger partial charge in [-0.3, -0.25) is 19.4 Å². The summed E-state index contributed by atoms with van der Waals surface area (Å²) in [4.78, 5) is 44.2. The Morgan fingerprint density at radius 3 is 2.21 bits per heavy atom. The number of carbonyl (C=O) groups is 3. The zero-order valence-corrected chi connectivity index (χ0v) is 16.5. The molecule has 3 aliphatic carbocycles. The van der Waals surface area contributed by atoms with Crippen LogP contribution in [0.3, 0.4) is 0 Å². The molecule has 0 aliphatic heterocycles. The van der Waals surface area contributed by atoms with Gasteiger partial charge in [0.25, 0.3) is 0 Å². The Bertz CT molecular complexity index is 1150. The minimum atomic E-state index is -0.495. The predicted octanol–water partition coefficient (Wildman–Crippen LogP) is 4.63. The molecule has 2 aromatic rings. The zero-order valence-electron chi connectivity index (χ0n) is 16.5. The fourth-order valence-corrected chi connectivity index (χ4v) is 5.16. The standard InChI is InChI=1S/C25H21NO3/c1-25(2)12-15-11-18-22(24(29)17-6-4-3-5-16(17)23(18)28)21(20(15)19(27)13-25)14-7-9-26-10-8-14/h3-10,21H,11-13H2,1-2H3. The number of rotatable bonds is 1. The van der Waals surface area contributed by atoms with Crippen molar-refractivity contribution in [2.75, 3.05) is 0 Å². The highest BCUT2D eigenvalue weighted by atomic mass is 16.1. The first-order chi connectivity index (χ1) is 13.9. The maximum Gasteiger partial charge on any atom is 0.191 e. The molecule has 0 fully saturated rings. The molecule has 29 heavy (non-hydrogen) atoms. The van der Waals surface area contributed by atoms with Crippen molar-refractivity contribution in [3.63, 3.8) is 0 Å². The van der Waals surface area contributed by atoms with Gasteiger partial charge in [-0.15, -0.1) is 0 Å². The van der Waals surface area contributed by atoms with E-state index < -0.39 is 5.92 Å². The SMILES string of the molecule is CC1(C)CC(=O)C2=C(CC3=C(C(=O)c4ccccc4C3=O)C2c2ccncc2)C1.